The monoisotopic (exact) mass is 473 g/mol. The van der Waals surface area contributed by atoms with Gasteiger partial charge in [-0.05, 0) is 62.1 Å². The fourth-order valence-corrected chi connectivity index (χ4v) is 4.49. The van der Waals surface area contributed by atoms with Crippen LogP contribution in [0.1, 0.15) is 35.8 Å². The Hall–Kier alpha value is -3.75. The third-order valence-corrected chi connectivity index (χ3v) is 6.70. The molecule has 0 saturated carbocycles. The fourth-order valence-electron chi connectivity index (χ4n) is 4.49. The quantitative estimate of drug-likeness (QED) is 0.556. The smallest absolute Gasteiger partial charge is 0.322 e. The molecule has 0 bridgehead atoms. The molecule has 1 aromatic carbocycles. The van der Waals surface area contributed by atoms with Crippen molar-refractivity contribution in [1.29, 1.82) is 0 Å². The predicted molar refractivity (Wildman–Crippen MR) is 134 cm³/mol. The van der Waals surface area contributed by atoms with Crippen molar-refractivity contribution < 1.29 is 9.53 Å². The highest BCUT2D eigenvalue weighted by Crippen LogP contribution is 2.23. The number of amides is 1. The second-order valence-electron chi connectivity index (χ2n) is 9.31. The predicted octanol–water partition coefficient (Wildman–Crippen LogP) is 3.57. The van der Waals surface area contributed by atoms with E-state index in [1.807, 2.05) is 36.1 Å². The van der Waals surface area contributed by atoms with Crippen molar-refractivity contribution in [1.82, 2.24) is 25.1 Å². The molecule has 1 amide bonds. The molecule has 3 aromatic rings. The van der Waals surface area contributed by atoms with Crippen molar-refractivity contribution in [2.45, 2.75) is 26.7 Å². The summed E-state index contributed by atoms with van der Waals surface area (Å²) in [7, 11) is 0. The van der Waals surface area contributed by atoms with Crippen molar-refractivity contribution >= 4 is 17.5 Å². The summed E-state index contributed by atoms with van der Waals surface area (Å²) in [4.78, 5) is 27.9. The molecule has 0 N–H and O–H groups in total. The Morgan fingerprint density at radius 2 is 1.60 bits per heavy atom. The Kier molecular flexibility index (Phi) is 6.74. The van der Waals surface area contributed by atoms with Gasteiger partial charge in [0, 0.05) is 56.7 Å². The summed E-state index contributed by atoms with van der Waals surface area (Å²) in [6.07, 6.45) is 4.06. The topological polar surface area (TPSA) is 87.6 Å². The standard InChI is InChI=1S/C26H31N7O2/c1-19-9-12-31(13-10-19)23-6-7-24(30-29-23)32-14-16-33(17-15-32)25(34)21-4-3-5-22(18-21)35-26-27-11-8-20(2)28-26/h3-8,11,18-19H,9-10,12-17H2,1-2H3. The maximum Gasteiger partial charge on any atom is 0.322 e. The molecule has 2 aliphatic rings. The first-order valence-electron chi connectivity index (χ1n) is 12.3. The highest BCUT2D eigenvalue weighted by atomic mass is 16.5. The van der Waals surface area contributed by atoms with E-state index in [-0.39, 0.29) is 11.9 Å². The van der Waals surface area contributed by atoms with Crippen molar-refractivity contribution in [2.75, 3.05) is 49.1 Å². The lowest BCUT2D eigenvalue weighted by atomic mass is 9.99. The summed E-state index contributed by atoms with van der Waals surface area (Å²) in [5, 5.41) is 8.97. The van der Waals surface area contributed by atoms with E-state index in [4.69, 9.17) is 4.74 Å². The number of piperazine rings is 1. The number of hydrogen-bond acceptors (Lipinski definition) is 8. The minimum Gasteiger partial charge on any atom is -0.424 e. The van der Waals surface area contributed by atoms with Gasteiger partial charge in [-0.25, -0.2) is 9.97 Å². The number of ether oxygens (including phenoxy) is 1. The number of carbonyl (C=O) groups is 1. The van der Waals surface area contributed by atoms with E-state index in [1.165, 1.54) is 12.8 Å². The first-order valence-corrected chi connectivity index (χ1v) is 12.3. The molecular weight excluding hydrogens is 442 g/mol. The molecule has 2 aromatic heterocycles. The van der Waals surface area contributed by atoms with Crippen molar-refractivity contribution in [2.24, 2.45) is 5.92 Å². The molecular formula is C26H31N7O2. The Morgan fingerprint density at radius 1 is 0.914 bits per heavy atom. The molecule has 9 heteroatoms. The van der Waals surface area contributed by atoms with Crippen molar-refractivity contribution in [3.8, 4) is 11.8 Å². The molecule has 2 saturated heterocycles. The van der Waals surface area contributed by atoms with Gasteiger partial charge in [0.15, 0.2) is 11.6 Å². The maximum atomic E-state index is 13.1. The van der Waals surface area contributed by atoms with Crippen molar-refractivity contribution in [3.63, 3.8) is 0 Å². The number of aryl methyl sites for hydroxylation is 1. The van der Waals surface area contributed by atoms with Crippen LogP contribution >= 0.6 is 0 Å². The molecule has 0 radical (unpaired) electrons. The van der Waals surface area contributed by atoms with Gasteiger partial charge in [0.2, 0.25) is 0 Å². The zero-order valence-electron chi connectivity index (χ0n) is 20.3. The van der Waals surface area contributed by atoms with E-state index in [0.717, 1.165) is 36.3 Å². The van der Waals surface area contributed by atoms with Gasteiger partial charge in [0.1, 0.15) is 5.75 Å². The first-order chi connectivity index (χ1) is 17.0. The third kappa shape index (κ3) is 5.50. The molecule has 5 rings (SSSR count). The zero-order valence-corrected chi connectivity index (χ0v) is 20.3. The fraction of sp³-hybridized carbons (Fsp3) is 0.423. The summed E-state index contributed by atoms with van der Waals surface area (Å²) >= 11 is 0. The van der Waals surface area contributed by atoms with Gasteiger partial charge in [-0.2, -0.15) is 0 Å². The number of rotatable bonds is 5. The first kappa shape index (κ1) is 23.0. The van der Waals surface area contributed by atoms with Gasteiger partial charge in [-0.3, -0.25) is 4.79 Å². The van der Waals surface area contributed by atoms with E-state index in [0.29, 0.717) is 37.5 Å². The summed E-state index contributed by atoms with van der Waals surface area (Å²) in [5.41, 5.74) is 1.41. The number of carbonyl (C=O) groups excluding carboxylic acids is 1. The number of benzene rings is 1. The number of piperidine rings is 1. The Labute approximate surface area is 205 Å². The van der Waals surface area contributed by atoms with Gasteiger partial charge < -0.3 is 19.4 Å². The molecule has 0 spiro atoms. The van der Waals surface area contributed by atoms with E-state index >= 15 is 0 Å². The lowest BCUT2D eigenvalue weighted by molar-refractivity contribution is 0.0746. The Morgan fingerprint density at radius 3 is 2.26 bits per heavy atom. The van der Waals surface area contributed by atoms with Crippen LogP contribution in [0.25, 0.3) is 0 Å². The molecule has 2 fully saturated rings. The summed E-state index contributed by atoms with van der Waals surface area (Å²) < 4.78 is 5.75. The Bertz CT molecular complexity index is 1150. The number of hydrogen-bond donors (Lipinski definition) is 0. The number of nitrogens with zero attached hydrogens (tertiary/aromatic N) is 7. The lowest BCUT2D eigenvalue weighted by Gasteiger charge is -2.35. The summed E-state index contributed by atoms with van der Waals surface area (Å²) in [5.74, 6) is 3.13. The second-order valence-corrected chi connectivity index (χ2v) is 9.31. The van der Waals surface area contributed by atoms with Gasteiger partial charge in [-0.15, -0.1) is 10.2 Å². The van der Waals surface area contributed by atoms with Crippen LogP contribution in [0, 0.1) is 12.8 Å². The van der Waals surface area contributed by atoms with Crippen LogP contribution in [0.4, 0.5) is 11.6 Å². The molecule has 0 unspecified atom stereocenters. The number of aromatic nitrogens is 4. The molecule has 35 heavy (non-hydrogen) atoms. The van der Waals surface area contributed by atoms with Gasteiger partial charge in [-0.1, -0.05) is 13.0 Å². The van der Waals surface area contributed by atoms with E-state index < -0.39 is 0 Å². The van der Waals surface area contributed by atoms with Crippen molar-refractivity contribution in [3.05, 3.63) is 59.9 Å². The minimum absolute atomic E-state index is 0.0129. The van der Waals surface area contributed by atoms with Crippen LogP contribution in [0.2, 0.25) is 0 Å². The van der Waals surface area contributed by atoms with E-state index in [1.54, 1.807) is 18.3 Å². The van der Waals surface area contributed by atoms with E-state index in [2.05, 4.69) is 43.0 Å². The normalized spacial score (nSPS) is 16.9. The Balaban J connectivity index is 1.17. The third-order valence-electron chi connectivity index (χ3n) is 6.70. The number of anilines is 2. The average molecular weight is 474 g/mol. The molecule has 182 valence electrons. The van der Waals surface area contributed by atoms with Crippen LogP contribution in [0.3, 0.4) is 0 Å². The van der Waals surface area contributed by atoms with Crippen LogP contribution in [-0.2, 0) is 0 Å². The highest BCUT2D eigenvalue weighted by Gasteiger charge is 2.24. The van der Waals surface area contributed by atoms with E-state index in [9.17, 15) is 4.79 Å². The van der Waals surface area contributed by atoms with Crippen LogP contribution in [0.15, 0.2) is 48.7 Å². The molecule has 9 nitrogen and oxygen atoms in total. The molecule has 2 aliphatic heterocycles. The largest absolute Gasteiger partial charge is 0.424 e. The SMILES string of the molecule is Cc1ccnc(Oc2cccc(C(=O)N3CCN(c4ccc(N5CCC(C)CC5)nn4)CC3)c2)n1. The highest BCUT2D eigenvalue weighted by molar-refractivity contribution is 5.94. The lowest BCUT2D eigenvalue weighted by Crippen LogP contribution is -2.49. The second kappa shape index (κ2) is 10.2. The van der Waals surface area contributed by atoms with Crippen LogP contribution in [-0.4, -0.2) is 70.2 Å². The molecule has 0 atom stereocenters. The van der Waals surface area contributed by atoms with Crippen LogP contribution in [0.5, 0.6) is 11.8 Å². The van der Waals surface area contributed by atoms with Gasteiger partial charge in [0.05, 0.1) is 0 Å². The zero-order chi connectivity index (χ0) is 24.2. The van der Waals surface area contributed by atoms with Gasteiger partial charge in [0.25, 0.3) is 5.91 Å². The minimum atomic E-state index is -0.0129. The molecule has 0 aliphatic carbocycles. The maximum absolute atomic E-state index is 13.1. The molecule has 4 heterocycles. The van der Waals surface area contributed by atoms with Gasteiger partial charge >= 0.3 is 6.01 Å². The summed E-state index contributed by atoms with van der Waals surface area (Å²) in [6.45, 7) is 8.95. The average Bonchev–Trinajstić information content (AvgIpc) is 2.89. The van der Waals surface area contributed by atoms with Crippen LogP contribution < -0.4 is 14.5 Å². The summed E-state index contributed by atoms with van der Waals surface area (Å²) in [6, 6.07) is 13.4.